The highest BCUT2D eigenvalue weighted by atomic mass is 28.3. The molecule has 0 nitrogen and oxygen atoms in total. The number of halogens is 1. The molecule has 0 amide bonds. The zero-order valence-corrected chi connectivity index (χ0v) is 7.81. The Bertz CT molecular complexity index is 63.9. The van der Waals surface area contributed by atoms with Crippen molar-refractivity contribution >= 4 is 8.80 Å². The number of rotatable bonds is 4. The van der Waals surface area contributed by atoms with E-state index in [0.717, 1.165) is 6.42 Å². The Morgan fingerprint density at radius 1 is 1.44 bits per heavy atom. The maximum absolute atomic E-state index is 11.7. The van der Waals surface area contributed by atoms with E-state index in [-0.39, 0.29) is 6.67 Å². The molecular formula is C7H17FSi. The summed E-state index contributed by atoms with van der Waals surface area (Å²) < 4.78 is 11.7. The van der Waals surface area contributed by atoms with Crippen molar-refractivity contribution < 1.29 is 4.39 Å². The van der Waals surface area contributed by atoms with Gasteiger partial charge in [0.15, 0.2) is 0 Å². The van der Waals surface area contributed by atoms with Crippen LogP contribution in [0.4, 0.5) is 4.39 Å². The van der Waals surface area contributed by atoms with Gasteiger partial charge in [-0.3, -0.25) is 4.39 Å². The van der Waals surface area contributed by atoms with Gasteiger partial charge in [-0.25, -0.2) is 0 Å². The molecule has 0 heterocycles. The van der Waals surface area contributed by atoms with Crippen LogP contribution in [0.2, 0.25) is 19.1 Å². The van der Waals surface area contributed by atoms with Gasteiger partial charge in [0.05, 0.1) is 6.67 Å². The van der Waals surface area contributed by atoms with Gasteiger partial charge in [0.25, 0.3) is 0 Å². The van der Waals surface area contributed by atoms with Crippen molar-refractivity contribution in [2.45, 2.75) is 32.5 Å². The van der Waals surface area contributed by atoms with Gasteiger partial charge < -0.3 is 0 Å². The molecule has 0 saturated heterocycles. The third-order valence-corrected chi connectivity index (χ3v) is 3.22. The molecule has 0 bridgehead atoms. The number of alkyl halides is 1. The van der Waals surface area contributed by atoms with Crippen LogP contribution in [0, 0.1) is 5.92 Å². The molecule has 0 radical (unpaired) electrons. The lowest BCUT2D eigenvalue weighted by molar-refractivity contribution is 0.419. The fraction of sp³-hybridized carbons (Fsp3) is 1.00. The summed E-state index contributed by atoms with van der Waals surface area (Å²) in [5, 5.41) is 0. The first-order chi connectivity index (χ1) is 4.16. The van der Waals surface area contributed by atoms with Crippen molar-refractivity contribution in [2.24, 2.45) is 5.92 Å². The van der Waals surface area contributed by atoms with Crippen LogP contribution in [0.5, 0.6) is 0 Å². The first-order valence-corrected chi connectivity index (χ1v) is 6.85. The largest absolute Gasteiger partial charge is 0.251 e. The highest BCUT2D eigenvalue weighted by Crippen LogP contribution is 2.10. The molecule has 0 aromatic carbocycles. The van der Waals surface area contributed by atoms with Gasteiger partial charge in [0, 0.05) is 8.80 Å². The van der Waals surface area contributed by atoms with Gasteiger partial charge in [-0.2, -0.15) is 0 Å². The SMILES string of the molecule is CC(CCF)C[SiH](C)C. The van der Waals surface area contributed by atoms with Crippen LogP contribution in [0.3, 0.4) is 0 Å². The van der Waals surface area contributed by atoms with E-state index in [1.807, 2.05) is 0 Å². The zero-order chi connectivity index (χ0) is 7.28. The van der Waals surface area contributed by atoms with Crippen LogP contribution in [0.15, 0.2) is 0 Å². The number of hydrogen-bond acceptors (Lipinski definition) is 0. The second kappa shape index (κ2) is 4.97. The molecule has 0 aliphatic carbocycles. The third-order valence-electron chi connectivity index (χ3n) is 1.48. The molecule has 0 spiro atoms. The zero-order valence-electron chi connectivity index (χ0n) is 6.65. The lowest BCUT2D eigenvalue weighted by Crippen LogP contribution is -2.06. The van der Waals surface area contributed by atoms with E-state index in [0.29, 0.717) is 5.92 Å². The molecule has 0 aliphatic rings. The van der Waals surface area contributed by atoms with Crippen molar-refractivity contribution in [1.82, 2.24) is 0 Å². The minimum atomic E-state index is -0.427. The van der Waals surface area contributed by atoms with E-state index in [1.165, 1.54) is 6.04 Å². The summed E-state index contributed by atoms with van der Waals surface area (Å²) in [7, 11) is -0.427. The van der Waals surface area contributed by atoms with Crippen LogP contribution in [-0.4, -0.2) is 15.5 Å². The topological polar surface area (TPSA) is 0 Å². The third kappa shape index (κ3) is 6.03. The summed E-state index contributed by atoms with van der Waals surface area (Å²) in [6.07, 6.45) is 0.769. The maximum atomic E-state index is 11.7. The fourth-order valence-corrected chi connectivity index (χ4v) is 2.95. The average Bonchev–Trinajstić information content (AvgIpc) is 1.63. The Morgan fingerprint density at radius 3 is 2.33 bits per heavy atom. The Balaban J connectivity index is 3.15. The molecule has 0 rings (SSSR count). The van der Waals surface area contributed by atoms with Crippen LogP contribution >= 0.6 is 0 Å². The molecular weight excluding hydrogens is 131 g/mol. The summed E-state index contributed by atoms with van der Waals surface area (Å²) in [4.78, 5) is 0. The molecule has 0 fully saturated rings. The van der Waals surface area contributed by atoms with E-state index in [9.17, 15) is 4.39 Å². The quantitative estimate of drug-likeness (QED) is 0.537. The van der Waals surface area contributed by atoms with Gasteiger partial charge in [-0.1, -0.05) is 26.1 Å². The summed E-state index contributed by atoms with van der Waals surface area (Å²) in [6.45, 7) is 6.64. The van der Waals surface area contributed by atoms with E-state index >= 15 is 0 Å². The van der Waals surface area contributed by atoms with Crippen LogP contribution < -0.4 is 0 Å². The fourth-order valence-electron chi connectivity index (χ4n) is 1.11. The molecule has 1 atom stereocenters. The first kappa shape index (κ1) is 9.15. The van der Waals surface area contributed by atoms with Gasteiger partial charge in [0.2, 0.25) is 0 Å². The van der Waals surface area contributed by atoms with Gasteiger partial charge in [-0.05, 0) is 12.3 Å². The minimum Gasteiger partial charge on any atom is -0.251 e. The van der Waals surface area contributed by atoms with Crippen molar-refractivity contribution in [1.29, 1.82) is 0 Å². The molecule has 9 heavy (non-hydrogen) atoms. The second-order valence-corrected chi connectivity index (χ2v) is 6.47. The van der Waals surface area contributed by atoms with Crippen LogP contribution in [0.1, 0.15) is 13.3 Å². The predicted molar refractivity (Wildman–Crippen MR) is 43.4 cm³/mol. The second-order valence-electron chi connectivity index (χ2n) is 3.21. The van der Waals surface area contributed by atoms with E-state index in [2.05, 4.69) is 20.0 Å². The predicted octanol–water partition coefficient (Wildman–Crippen LogP) is 2.47. The van der Waals surface area contributed by atoms with Crippen molar-refractivity contribution in [3.8, 4) is 0 Å². The highest BCUT2D eigenvalue weighted by molar-refractivity contribution is 6.55. The molecule has 56 valence electrons. The summed E-state index contributed by atoms with van der Waals surface area (Å²) in [6, 6.07) is 1.30. The van der Waals surface area contributed by atoms with Crippen LogP contribution in [0.25, 0.3) is 0 Å². The Labute approximate surface area is 59.1 Å². The first-order valence-electron chi connectivity index (χ1n) is 3.72. The van der Waals surface area contributed by atoms with E-state index < -0.39 is 8.80 Å². The smallest absolute Gasteiger partial charge is 0.0896 e. The molecule has 0 aliphatic heterocycles. The lowest BCUT2D eigenvalue weighted by atomic mass is 10.1. The van der Waals surface area contributed by atoms with Crippen LogP contribution in [-0.2, 0) is 0 Å². The highest BCUT2D eigenvalue weighted by Gasteiger charge is 2.04. The molecule has 2 heteroatoms. The van der Waals surface area contributed by atoms with Gasteiger partial charge in [-0.15, -0.1) is 0 Å². The van der Waals surface area contributed by atoms with Gasteiger partial charge >= 0.3 is 0 Å². The van der Waals surface area contributed by atoms with E-state index in [4.69, 9.17) is 0 Å². The molecule has 0 aromatic heterocycles. The normalized spacial score (nSPS) is 14.3. The minimum absolute atomic E-state index is 0.137. The molecule has 1 unspecified atom stereocenters. The summed E-state index contributed by atoms with van der Waals surface area (Å²) >= 11 is 0. The standard InChI is InChI=1S/C7H17FSi/c1-7(4-5-8)6-9(2)3/h7,9H,4-6H2,1-3H3. The van der Waals surface area contributed by atoms with Crippen molar-refractivity contribution in [3.63, 3.8) is 0 Å². The average molecular weight is 148 g/mol. The molecule has 0 N–H and O–H groups in total. The number of hydrogen-bond donors (Lipinski definition) is 0. The van der Waals surface area contributed by atoms with Crippen molar-refractivity contribution in [2.75, 3.05) is 6.67 Å². The Morgan fingerprint density at radius 2 is 2.00 bits per heavy atom. The van der Waals surface area contributed by atoms with Gasteiger partial charge in [0.1, 0.15) is 0 Å². The lowest BCUT2D eigenvalue weighted by Gasteiger charge is -2.09. The monoisotopic (exact) mass is 148 g/mol. The Hall–Kier alpha value is 0.147. The molecule has 0 aromatic rings. The maximum Gasteiger partial charge on any atom is 0.0896 e. The molecule has 0 saturated carbocycles. The van der Waals surface area contributed by atoms with Crippen molar-refractivity contribution in [3.05, 3.63) is 0 Å². The summed E-state index contributed by atoms with van der Waals surface area (Å²) in [5.74, 6) is 0.627. The summed E-state index contributed by atoms with van der Waals surface area (Å²) in [5.41, 5.74) is 0. The Kier molecular flexibility index (Phi) is 5.05. The van der Waals surface area contributed by atoms with E-state index in [1.54, 1.807) is 0 Å².